The molecule has 98 valence electrons. The van der Waals surface area contributed by atoms with Crippen LogP contribution in [0.4, 0.5) is 0 Å². The minimum absolute atomic E-state index is 0.822. The Bertz CT molecular complexity index is 679. The third-order valence-corrected chi connectivity index (χ3v) is 11.0. The predicted octanol–water partition coefficient (Wildman–Crippen LogP) is 3.98. The van der Waals surface area contributed by atoms with Gasteiger partial charge in [-0.25, -0.2) is 0 Å². The maximum atomic E-state index is 2.44. The summed E-state index contributed by atoms with van der Waals surface area (Å²) in [5.41, 5.74) is 9.74. The first-order valence-electron chi connectivity index (χ1n) is 6.38. The Morgan fingerprint density at radius 3 is 1.47 bits per heavy atom. The number of hydrogen-bond acceptors (Lipinski definition) is 1. The van der Waals surface area contributed by atoms with Crippen molar-refractivity contribution >= 4 is 69.5 Å². The molecule has 0 amide bonds. The van der Waals surface area contributed by atoms with Gasteiger partial charge >= 0.3 is 129 Å². The molecule has 0 unspecified atom stereocenters. The monoisotopic (exact) mass is 392 g/mol. The number of hydrogen-bond donors (Lipinski definition) is 0. The van der Waals surface area contributed by atoms with Gasteiger partial charge in [0, 0.05) is 0 Å². The summed E-state index contributed by atoms with van der Waals surface area (Å²) < 4.78 is 6.41. The molecular formula is C16H18As2S. The van der Waals surface area contributed by atoms with E-state index >= 15 is 0 Å². The van der Waals surface area contributed by atoms with Crippen LogP contribution in [0.1, 0.15) is 0 Å². The van der Waals surface area contributed by atoms with Crippen LogP contribution in [0.15, 0.2) is 36.4 Å². The second-order valence-electron chi connectivity index (χ2n) is 5.20. The fourth-order valence-electron chi connectivity index (χ4n) is 2.49. The van der Waals surface area contributed by atoms with Crippen molar-refractivity contribution in [3.63, 3.8) is 0 Å². The van der Waals surface area contributed by atoms with Crippen molar-refractivity contribution in [2.45, 2.75) is 22.8 Å². The van der Waals surface area contributed by atoms with Crippen LogP contribution < -0.4 is 8.70 Å². The van der Waals surface area contributed by atoms with E-state index in [1.807, 2.05) is 11.3 Å². The van der Waals surface area contributed by atoms with Crippen LogP contribution in [0.3, 0.4) is 0 Å². The summed E-state index contributed by atoms with van der Waals surface area (Å²) >= 11 is 0.401. The van der Waals surface area contributed by atoms with E-state index in [1.165, 1.54) is 10.8 Å². The molecule has 0 fully saturated rings. The molecule has 0 spiro atoms. The van der Waals surface area contributed by atoms with Gasteiger partial charge in [0.1, 0.15) is 0 Å². The van der Waals surface area contributed by atoms with Gasteiger partial charge in [-0.2, -0.15) is 0 Å². The van der Waals surface area contributed by atoms with Crippen molar-refractivity contribution in [2.75, 3.05) is 0 Å². The molecule has 3 aromatic rings. The summed E-state index contributed by atoms with van der Waals surface area (Å²) in [7, 11) is 0. The van der Waals surface area contributed by atoms with Crippen LogP contribution in [0.2, 0.25) is 22.8 Å². The van der Waals surface area contributed by atoms with Crippen molar-refractivity contribution in [2.24, 2.45) is 0 Å². The van der Waals surface area contributed by atoms with E-state index in [4.69, 9.17) is 0 Å². The van der Waals surface area contributed by atoms with Crippen LogP contribution in [-0.4, -0.2) is 29.3 Å². The van der Waals surface area contributed by atoms with Crippen LogP contribution in [-0.2, 0) is 0 Å². The third-order valence-electron chi connectivity index (χ3n) is 3.45. The normalized spacial score (nSPS) is 12.1. The molecule has 3 rings (SSSR count). The molecule has 3 heteroatoms. The van der Waals surface area contributed by atoms with Gasteiger partial charge < -0.3 is 0 Å². The van der Waals surface area contributed by atoms with E-state index in [-0.39, 0.29) is 0 Å². The summed E-state index contributed by atoms with van der Waals surface area (Å²) in [6, 6.07) is 13.8. The van der Waals surface area contributed by atoms with Crippen LogP contribution >= 0.6 is 11.3 Å². The van der Waals surface area contributed by atoms with Gasteiger partial charge in [-0.15, -0.1) is 0 Å². The van der Waals surface area contributed by atoms with Crippen molar-refractivity contribution in [3.8, 4) is 0 Å². The van der Waals surface area contributed by atoms with Crippen molar-refractivity contribution in [1.29, 1.82) is 0 Å². The Morgan fingerprint density at radius 2 is 1.11 bits per heavy atom. The zero-order valence-electron chi connectivity index (χ0n) is 11.8. The molecule has 0 atom stereocenters. The van der Waals surface area contributed by atoms with E-state index in [0.29, 0.717) is 0 Å². The summed E-state index contributed by atoms with van der Waals surface area (Å²) in [4.78, 5) is 0. The van der Waals surface area contributed by atoms with Gasteiger partial charge in [0.15, 0.2) is 0 Å². The molecule has 0 aliphatic heterocycles. The molecule has 19 heavy (non-hydrogen) atoms. The van der Waals surface area contributed by atoms with E-state index in [2.05, 4.69) is 59.2 Å². The second kappa shape index (κ2) is 5.28. The zero-order chi connectivity index (χ0) is 13.6. The average Bonchev–Trinajstić information content (AvgIpc) is 2.76. The van der Waals surface area contributed by atoms with E-state index in [0.717, 1.165) is 0 Å². The van der Waals surface area contributed by atoms with Gasteiger partial charge in [-0.1, -0.05) is 0 Å². The SMILES string of the molecule is C[As](C)c1cccc2c1sc1c([As](C)C)cccc12. The molecule has 0 N–H and O–H groups in total. The predicted molar refractivity (Wildman–Crippen MR) is 93.6 cm³/mol. The van der Waals surface area contributed by atoms with Gasteiger partial charge in [-0.3, -0.25) is 0 Å². The Labute approximate surface area is 128 Å². The first kappa shape index (κ1) is 13.7. The third kappa shape index (κ3) is 2.31. The Kier molecular flexibility index (Phi) is 3.82. The molecule has 0 bridgehead atoms. The number of rotatable bonds is 2. The van der Waals surface area contributed by atoms with Crippen molar-refractivity contribution in [3.05, 3.63) is 36.4 Å². The quantitative estimate of drug-likeness (QED) is 0.579. The molecule has 2 aromatic carbocycles. The van der Waals surface area contributed by atoms with Crippen molar-refractivity contribution < 1.29 is 0 Å². The van der Waals surface area contributed by atoms with Gasteiger partial charge in [0.2, 0.25) is 0 Å². The standard InChI is InChI=1S/C16H18As2S/c1-17(2)13-9-5-7-11-12-8-6-10-14(18(3)4)16(12)19-15(11)13/h5-10H,1-4H3. The molecular weight excluding hydrogens is 374 g/mol. The fourth-order valence-corrected chi connectivity index (χ4v) is 9.91. The van der Waals surface area contributed by atoms with E-state index in [9.17, 15) is 0 Å². The summed E-state index contributed by atoms with van der Waals surface area (Å²) in [6.07, 6.45) is 0. The van der Waals surface area contributed by atoms with E-state index in [1.54, 1.807) is 18.1 Å². The Balaban J connectivity index is 2.44. The Morgan fingerprint density at radius 1 is 0.684 bits per heavy atom. The molecule has 0 saturated heterocycles. The summed E-state index contributed by atoms with van der Waals surface area (Å²) in [6.45, 7) is 0. The first-order chi connectivity index (χ1) is 9.09. The zero-order valence-corrected chi connectivity index (χ0v) is 16.3. The molecule has 1 aromatic heterocycles. The molecule has 0 saturated carbocycles. The molecule has 0 nitrogen and oxygen atoms in total. The van der Waals surface area contributed by atoms with Gasteiger partial charge in [0.05, 0.1) is 0 Å². The number of fused-ring (bicyclic) bond motifs is 3. The molecule has 1 heterocycles. The minimum atomic E-state index is -0.822. The number of benzene rings is 2. The average molecular weight is 392 g/mol. The fraction of sp³-hybridized carbons (Fsp3) is 0.250. The van der Waals surface area contributed by atoms with E-state index < -0.39 is 29.3 Å². The van der Waals surface area contributed by atoms with Crippen molar-refractivity contribution in [1.82, 2.24) is 0 Å². The summed E-state index contributed by atoms with van der Waals surface area (Å²) in [5, 5.41) is 2.97. The second-order valence-corrected chi connectivity index (χ2v) is 15.7. The maximum absolute atomic E-state index is 2.44. The molecule has 0 radical (unpaired) electrons. The summed E-state index contributed by atoms with van der Waals surface area (Å²) in [5.74, 6) is 0. The van der Waals surface area contributed by atoms with Crippen LogP contribution in [0.25, 0.3) is 20.2 Å². The first-order valence-corrected chi connectivity index (χ1v) is 16.6. The molecule has 0 aliphatic rings. The molecule has 0 aliphatic carbocycles. The van der Waals surface area contributed by atoms with Gasteiger partial charge in [-0.05, 0) is 0 Å². The topological polar surface area (TPSA) is 0 Å². The Hall–Kier alpha value is -0.223. The van der Waals surface area contributed by atoms with Crippen LogP contribution in [0, 0.1) is 0 Å². The van der Waals surface area contributed by atoms with Crippen LogP contribution in [0.5, 0.6) is 0 Å². The number of thiophene rings is 1. The van der Waals surface area contributed by atoms with Gasteiger partial charge in [0.25, 0.3) is 0 Å².